The van der Waals surface area contributed by atoms with Crippen molar-refractivity contribution in [2.75, 3.05) is 6.54 Å². The number of aryl methyl sites for hydroxylation is 1. The summed E-state index contributed by atoms with van der Waals surface area (Å²) in [4.78, 5) is 12.3. The van der Waals surface area contributed by atoms with Gasteiger partial charge in [-0.2, -0.15) is 10.2 Å². The summed E-state index contributed by atoms with van der Waals surface area (Å²) in [5, 5.41) is 10.8. The summed E-state index contributed by atoms with van der Waals surface area (Å²) in [7, 11) is 0. The third-order valence-electron chi connectivity index (χ3n) is 6.00. The molecule has 1 fully saturated rings. The van der Waals surface area contributed by atoms with Gasteiger partial charge in [0, 0.05) is 18.2 Å². The summed E-state index contributed by atoms with van der Waals surface area (Å²) in [6.45, 7) is 0.592. The number of benzene rings is 2. The molecule has 4 rings (SSSR count). The maximum atomic E-state index is 13.4. The molecule has 4 nitrogen and oxygen atoms in total. The van der Waals surface area contributed by atoms with E-state index < -0.39 is 0 Å². The molecule has 1 aliphatic rings. The van der Waals surface area contributed by atoms with Gasteiger partial charge >= 0.3 is 0 Å². The van der Waals surface area contributed by atoms with Gasteiger partial charge in [0.05, 0.1) is 5.69 Å². The molecule has 1 N–H and O–H groups in total. The number of carbonyl (C=O) groups is 1. The van der Waals surface area contributed by atoms with Gasteiger partial charge in [0.25, 0.3) is 0 Å². The van der Waals surface area contributed by atoms with Crippen molar-refractivity contribution >= 4 is 5.91 Å². The highest BCUT2D eigenvalue weighted by molar-refractivity contribution is 5.87. The first-order valence-electron chi connectivity index (χ1n) is 10.8. The molecule has 0 radical (unpaired) electrons. The summed E-state index contributed by atoms with van der Waals surface area (Å²) >= 11 is 0. The fourth-order valence-electron chi connectivity index (χ4n) is 4.22. The van der Waals surface area contributed by atoms with Crippen molar-refractivity contribution in [2.45, 2.75) is 31.1 Å². The smallest absolute Gasteiger partial charge is 0.243 e. The van der Waals surface area contributed by atoms with Crippen molar-refractivity contribution in [2.24, 2.45) is 5.92 Å². The number of amides is 1. The Morgan fingerprint density at radius 1 is 1.00 bits per heavy atom. The van der Waals surface area contributed by atoms with Crippen LogP contribution in [-0.2, 0) is 16.6 Å². The number of nitrogens with zero attached hydrogens (tertiary/aromatic N) is 2. The summed E-state index contributed by atoms with van der Waals surface area (Å²) in [6.07, 6.45) is 8.52. The van der Waals surface area contributed by atoms with Crippen molar-refractivity contribution in [3.05, 3.63) is 107 Å². The predicted octanol–water partition coefficient (Wildman–Crippen LogP) is 4.76. The Hall–Kier alpha value is -3.41. The molecule has 0 unspecified atom stereocenters. The zero-order chi connectivity index (χ0) is 22.4. The minimum atomic E-state index is -0.366. The van der Waals surface area contributed by atoms with E-state index in [2.05, 4.69) is 15.5 Å². The van der Waals surface area contributed by atoms with Crippen LogP contribution in [0, 0.1) is 17.6 Å². The first-order valence-corrected chi connectivity index (χ1v) is 10.8. The Kier molecular flexibility index (Phi) is 6.69. The zero-order valence-corrected chi connectivity index (χ0v) is 17.7. The minimum absolute atomic E-state index is 0.0841. The molecule has 1 heterocycles. The standard InChI is InChI=1S/C26H25F2N3O/c27-22-11-6-19(7-12-22)26(20-8-13-23(28)14-9-20)18-21(26)10-15-25(32)29-16-2-1-4-24-5-3-17-30-31-24/h3,5-15,17,21H,1-2,4,16,18H2,(H,29,32)/b15-10+/t21-/m1/s1. The lowest BCUT2D eigenvalue weighted by atomic mass is 9.85. The highest BCUT2D eigenvalue weighted by Crippen LogP contribution is 2.59. The monoisotopic (exact) mass is 433 g/mol. The topological polar surface area (TPSA) is 54.9 Å². The van der Waals surface area contributed by atoms with Gasteiger partial charge < -0.3 is 5.32 Å². The van der Waals surface area contributed by atoms with Crippen LogP contribution in [0.3, 0.4) is 0 Å². The highest BCUT2D eigenvalue weighted by atomic mass is 19.1. The van der Waals surface area contributed by atoms with E-state index in [1.165, 1.54) is 24.3 Å². The van der Waals surface area contributed by atoms with Gasteiger partial charge in [-0.25, -0.2) is 8.78 Å². The Labute approximate surface area is 186 Å². The van der Waals surface area contributed by atoms with Crippen molar-refractivity contribution in [1.29, 1.82) is 0 Å². The van der Waals surface area contributed by atoms with Crippen LogP contribution in [0.1, 0.15) is 36.1 Å². The van der Waals surface area contributed by atoms with Gasteiger partial charge in [-0.1, -0.05) is 30.3 Å². The average molecular weight is 434 g/mol. The van der Waals surface area contributed by atoms with Crippen molar-refractivity contribution < 1.29 is 13.6 Å². The van der Waals surface area contributed by atoms with Gasteiger partial charge in [0.1, 0.15) is 11.6 Å². The molecular weight excluding hydrogens is 408 g/mol. The van der Waals surface area contributed by atoms with Gasteiger partial charge in [-0.05, 0) is 85.2 Å². The Morgan fingerprint density at radius 3 is 2.25 bits per heavy atom. The number of aromatic nitrogens is 2. The quantitative estimate of drug-likeness (QED) is 0.391. The maximum Gasteiger partial charge on any atom is 0.243 e. The van der Waals surface area contributed by atoms with Crippen LogP contribution in [0.2, 0.25) is 0 Å². The maximum absolute atomic E-state index is 13.4. The normalized spacial score (nSPS) is 16.8. The molecule has 3 aromatic rings. The lowest BCUT2D eigenvalue weighted by molar-refractivity contribution is -0.116. The van der Waals surface area contributed by atoms with Crippen LogP contribution in [0.25, 0.3) is 0 Å². The number of nitrogens with one attached hydrogen (secondary N) is 1. The van der Waals surface area contributed by atoms with Crippen LogP contribution < -0.4 is 5.32 Å². The van der Waals surface area contributed by atoms with Crippen LogP contribution in [0.5, 0.6) is 0 Å². The Balaban J connectivity index is 1.33. The lowest BCUT2D eigenvalue weighted by Crippen LogP contribution is -2.22. The molecule has 1 saturated carbocycles. The number of unbranched alkanes of at least 4 members (excludes halogenated alkanes) is 1. The summed E-state index contributed by atoms with van der Waals surface area (Å²) < 4.78 is 26.9. The molecule has 0 bridgehead atoms. The van der Waals surface area contributed by atoms with Crippen LogP contribution in [0.4, 0.5) is 8.78 Å². The van der Waals surface area contributed by atoms with E-state index in [0.717, 1.165) is 42.5 Å². The van der Waals surface area contributed by atoms with Crippen molar-refractivity contribution in [1.82, 2.24) is 15.5 Å². The summed E-state index contributed by atoms with van der Waals surface area (Å²) in [5.41, 5.74) is 2.51. The van der Waals surface area contributed by atoms with Gasteiger partial charge in [0.15, 0.2) is 0 Å². The number of hydrogen-bond donors (Lipinski definition) is 1. The van der Waals surface area contributed by atoms with Gasteiger partial charge in [-0.3, -0.25) is 4.79 Å². The second-order valence-corrected chi connectivity index (χ2v) is 8.12. The summed E-state index contributed by atoms with van der Waals surface area (Å²) in [5.74, 6) is -0.645. The van der Waals surface area contributed by atoms with Crippen molar-refractivity contribution in [3.8, 4) is 0 Å². The SMILES string of the molecule is O=C(/C=C/[C@@H]1CC1(c1ccc(F)cc1)c1ccc(F)cc1)NCCCCc1cccnn1. The first kappa shape index (κ1) is 21.8. The Morgan fingerprint density at radius 2 is 1.66 bits per heavy atom. The van der Waals surface area contributed by atoms with E-state index in [-0.39, 0.29) is 28.9 Å². The average Bonchev–Trinajstić information content (AvgIpc) is 3.54. The van der Waals surface area contributed by atoms with E-state index in [1.54, 1.807) is 36.5 Å². The third kappa shape index (κ3) is 5.07. The molecule has 164 valence electrons. The molecule has 1 amide bonds. The molecule has 6 heteroatoms. The van der Waals surface area contributed by atoms with E-state index in [0.29, 0.717) is 6.54 Å². The largest absolute Gasteiger partial charge is 0.353 e. The van der Waals surface area contributed by atoms with Crippen molar-refractivity contribution in [3.63, 3.8) is 0 Å². The molecule has 0 aliphatic heterocycles. The minimum Gasteiger partial charge on any atom is -0.353 e. The molecule has 0 saturated heterocycles. The fraction of sp³-hybridized carbons (Fsp3) is 0.269. The van der Waals surface area contributed by atoms with Crippen LogP contribution in [0.15, 0.2) is 79.0 Å². The van der Waals surface area contributed by atoms with Gasteiger partial charge in [0.2, 0.25) is 5.91 Å². The zero-order valence-electron chi connectivity index (χ0n) is 17.7. The molecule has 32 heavy (non-hydrogen) atoms. The first-order chi connectivity index (χ1) is 15.6. The van der Waals surface area contributed by atoms with E-state index in [1.807, 2.05) is 18.2 Å². The number of hydrogen-bond acceptors (Lipinski definition) is 3. The number of halogens is 2. The number of carbonyl (C=O) groups excluding carboxylic acids is 1. The van der Waals surface area contributed by atoms with E-state index in [4.69, 9.17) is 0 Å². The van der Waals surface area contributed by atoms with E-state index >= 15 is 0 Å². The molecule has 1 aliphatic carbocycles. The molecule has 0 spiro atoms. The fourth-order valence-corrected chi connectivity index (χ4v) is 4.22. The third-order valence-corrected chi connectivity index (χ3v) is 6.00. The number of rotatable bonds is 9. The molecular formula is C26H25F2N3O. The lowest BCUT2D eigenvalue weighted by Gasteiger charge is -2.18. The van der Waals surface area contributed by atoms with Crippen LogP contribution in [-0.4, -0.2) is 22.6 Å². The Bertz CT molecular complexity index is 1020. The van der Waals surface area contributed by atoms with Gasteiger partial charge in [-0.15, -0.1) is 0 Å². The molecule has 1 atom stereocenters. The second-order valence-electron chi connectivity index (χ2n) is 8.12. The van der Waals surface area contributed by atoms with Crippen LogP contribution >= 0.6 is 0 Å². The summed E-state index contributed by atoms with van der Waals surface area (Å²) in [6, 6.07) is 16.6. The number of allylic oxidation sites excluding steroid dienone is 1. The molecule has 1 aromatic heterocycles. The van der Waals surface area contributed by atoms with E-state index in [9.17, 15) is 13.6 Å². The second kappa shape index (κ2) is 9.81. The molecule has 2 aromatic carbocycles. The highest BCUT2D eigenvalue weighted by Gasteiger charge is 2.55. The predicted molar refractivity (Wildman–Crippen MR) is 119 cm³/mol.